The number of rotatable bonds is 5. The van der Waals surface area contributed by atoms with Gasteiger partial charge in [-0.3, -0.25) is 14.5 Å². The van der Waals surface area contributed by atoms with Crippen LogP contribution in [0.3, 0.4) is 0 Å². The minimum atomic E-state index is -0.814. The Bertz CT molecular complexity index is 1040. The van der Waals surface area contributed by atoms with Gasteiger partial charge in [0, 0.05) is 10.9 Å². The van der Waals surface area contributed by atoms with Crippen LogP contribution in [0.4, 0.5) is 4.79 Å². The lowest BCUT2D eigenvalue weighted by Crippen LogP contribution is -2.32. The Labute approximate surface area is 166 Å². The highest BCUT2D eigenvalue weighted by Gasteiger charge is 2.44. The summed E-state index contributed by atoms with van der Waals surface area (Å²) in [6.07, 6.45) is 0. The van der Waals surface area contributed by atoms with Crippen molar-refractivity contribution in [3.05, 3.63) is 76.8 Å². The van der Waals surface area contributed by atoms with Crippen LogP contribution in [-0.4, -0.2) is 32.6 Å². The first-order valence-electron chi connectivity index (χ1n) is 8.75. The van der Waals surface area contributed by atoms with Gasteiger partial charge in [0.2, 0.25) is 0 Å². The molecule has 2 heterocycles. The van der Waals surface area contributed by atoms with E-state index < -0.39 is 17.8 Å². The number of urea groups is 1. The third-order valence-electron chi connectivity index (χ3n) is 4.49. The van der Waals surface area contributed by atoms with Gasteiger partial charge in [-0.15, -0.1) is 11.3 Å². The van der Waals surface area contributed by atoms with E-state index in [-0.39, 0.29) is 13.1 Å². The predicted octanol–water partition coefficient (Wildman–Crippen LogP) is 3.61. The van der Waals surface area contributed by atoms with Gasteiger partial charge < -0.3 is 0 Å². The Morgan fingerprint density at radius 3 is 2.18 bits per heavy atom. The molecule has 0 radical (unpaired) electrons. The molecule has 1 saturated heterocycles. The van der Waals surface area contributed by atoms with Crippen LogP contribution in [0.1, 0.15) is 16.8 Å². The molecule has 140 valence electrons. The number of aromatic nitrogens is 1. The largest absolute Gasteiger partial charge is 0.334 e. The Balaban J connectivity index is 1.50. The van der Waals surface area contributed by atoms with Gasteiger partial charge in [0.1, 0.15) is 5.01 Å². The van der Waals surface area contributed by atoms with Crippen molar-refractivity contribution < 1.29 is 14.4 Å². The van der Waals surface area contributed by atoms with Crippen LogP contribution in [0.5, 0.6) is 0 Å². The van der Waals surface area contributed by atoms with Crippen LogP contribution in [0.2, 0.25) is 0 Å². The highest BCUT2D eigenvalue weighted by molar-refractivity contribution is 7.13. The van der Waals surface area contributed by atoms with E-state index in [4.69, 9.17) is 0 Å². The Morgan fingerprint density at radius 1 is 0.857 bits per heavy atom. The zero-order valence-electron chi connectivity index (χ0n) is 15.2. The normalized spacial score (nSPS) is 14.2. The number of hydrogen-bond acceptors (Lipinski definition) is 5. The van der Waals surface area contributed by atoms with E-state index in [0.29, 0.717) is 5.69 Å². The van der Waals surface area contributed by atoms with Crippen molar-refractivity contribution in [1.29, 1.82) is 0 Å². The molecule has 0 spiro atoms. The van der Waals surface area contributed by atoms with E-state index in [9.17, 15) is 14.4 Å². The van der Waals surface area contributed by atoms with Crippen molar-refractivity contribution in [3.63, 3.8) is 0 Å². The maximum atomic E-state index is 12.6. The van der Waals surface area contributed by atoms with Crippen LogP contribution in [-0.2, 0) is 22.7 Å². The van der Waals surface area contributed by atoms with E-state index in [1.807, 2.05) is 61.5 Å². The van der Waals surface area contributed by atoms with Gasteiger partial charge in [0.15, 0.2) is 0 Å². The van der Waals surface area contributed by atoms with Gasteiger partial charge in [-0.2, -0.15) is 0 Å². The number of thiazole rings is 1. The number of benzene rings is 2. The number of imide groups is 2. The molecule has 4 amide bonds. The fourth-order valence-corrected chi connectivity index (χ4v) is 3.78. The third kappa shape index (κ3) is 3.44. The van der Waals surface area contributed by atoms with Gasteiger partial charge in [-0.1, -0.05) is 60.2 Å². The molecule has 28 heavy (non-hydrogen) atoms. The number of carbonyl (C=O) groups is 3. The van der Waals surface area contributed by atoms with E-state index >= 15 is 0 Å². The average molecular weight is 391 g/mol. The molecule has 1 aliphatic rings. The molecule has 3 aromatic rings. The van der Waals surface area contributed by atoms with Crippen LogP contribution in [0.25, 0.3) is 10.6 Å². The lowest BCUT2D eigenvalue weighted by Gasteiger charge is -2.14. The fourth-order valence-electron chi connectivity index (χ4n) is 2.97. The second-order valence-corrected chi connectivity index (χ2v) is 7.42. The van der Waals surface area contributed by atoms with Crippen LogP contribution < -0.4 is 0 Å². The second-order valence-electron chi connectivity index (χ2n) is 6.56. The van der Waals surface area contributed by atoms with Crippen molar-refractivity contribution in [2.45, 2.75) is 20.0 Å². The molecular formula is C21H17N3O3S. The SMILES string of the molecule is Cc1ccc(-c2nc(CN3C(=O)C(=O)N(Cc4ccccc4)C3=O)cs2)cc1. The highest BCUT2D eigenvalue weighted by Crippen LogP contribution is 2.26. The van der Waals surface area contributed by atoms with E-state index in [0.717, 1.165) is 31.5 Å². The van der Waals surface area contributed by atoms with Crippen molar-refractivity contribution in [2.75, 3.05) is 0 Å². The molecule has 2 aromatic carbocycles. The zero-order chi connectivity index (χ0) is 19.7. The summed E-state index contributed by atoms with van der Waals surface area (Å²) in [5.41, 5.74) is 3.50. The smallest absolute Gasteiger partial charge is 0.263 e. The van der Waals surface area contributed by atoms with Crippen molar-refractivity contribution in [3.8, 4) is 10.6 Å². The van der Waals surface area contributed by atoms with E-state index in [1.165, 1.54) is 11.3 Å². The zero-order valence-corrected chi connectivity index (χ0v) is 16.0. The average Bonchev–Trinajstić information content (AvgIpc) is 3.25. The first kappa shape index (κ1) is 18.1. The molecule has 1 aromatic heterocycles. The molecule has 1 aliphatic heterocycles. The summed E-state index contributed by atoms with van der Waals surface area (Å²) in [6, 6.07) is 16.5. The molecule has 0 aliphatic carbocycles. The molecule has 0 atom stereocenters. The van der Waals surface area contributed by atoms with Gasteiger partial charge >= 0.3 is 17.8 Å². The fraction of sp³-hybridized carbons (Fsp3) is 0.143. The standard InChI is InChI=1S/C21H17N3O3S/c1-14-7-9-16(10-8-14)18-22-17(13-28-18)12-24-20(26)19(25)23(21(24)27)11-15-5-3-2-4-6-15/h2-10,13H,11-12H2,1H3. The predicted molar refractivity (Wildman–Crippen MR) is 105 cm³/mol. The molecule has 4 rings (SSSR count). The minimum Gasteiger partial charge on any atom is -0.263 e. The van der Waals surface area contributed by atoms with Gasteiger partial charge in [-0.25, -0.2) is 14.7 Å². The van der Waals surface area contributed by atoms with Gasteiger partial charge in [-0.05, 0) is 12.5 Å². The highest BCUT2D eigenvalue weighted by atomic mass is 32.1. The Hall–Kier alpha value is -3.32. The van der Waals surface area contributed by atoms with Crippen molar-refractivity contribution in [2.24, 2.45) is 0 Å². The molecule has 0 unspecified atom stereocenters. The summed E-state index contributed by atoms with van der Waals surface area (Å²) in [4.78, 5) is 43.7. The molecule has 7 heteroatoms. The first-order valence-corrected chi connectivity index (χ1v) is 9.63. The molecule has 1 fully saturated rings. The third-order valence-corrected chi connectivity index (χ3v) is 5.43. The molecule has 0 N–H and O–H groups in total. The van der Waals surface area contributed by atoms with Crippen LogP contribution in [0.15, 0.2) is 60.0 Å². The Morgan fingerprint density at radius 2 is 1.50 bits per heavy atom. The summed E-state index contributed by atoms with van der Waals surface area (Å²) in [6.45, 7) is 2.07. The first-order chi connectivity index (χ1) is 13.5. The molecule has 0 saturated carbocycles. The topological polar surface area (TPSA) is 70.6 Å². The van der Waals surface area contributed by atoms with E-state index in [1.54, 1.807) is 5.38 Å². The summed E-state index contributed by atoms with van der Waals surface area (Å²) >= 11 is 1.44. The lowest BCUT2D eigenvalue weighted by atomic mass is 10.2. The second kappa shape index (κ2) is 7.36. The van der Waals surface area contributed by atoms with Crippen molar-refractivity contribution in [1.82, 2.24) is 14.8 Å². The number of aryl methyl sites for hydroxylation is 1. The minimum absolute atomic E-state index is 0.0168. The molecule has 0 bridgehead atoms. The molecular weight excluding hydrogens is 374 g/mol. The van der Waals surface area contributed by atoms with Crippen molar-refractivity contribution >= 4 is 29.2 Å². The van der Waals surface area contributed by atoms with E-state index in [2.05, 4.69) is 4.98 Å². The maximum absolute atomic E-state index is 12.6. The lowest BCUT2D eigenvalue weighted by molar-refractivity contribution is -0.143. The summed E-state index contributed by atoms with van der Waals surface area (Å²) in [5, 5.41) is 2.61. The Kier molecular flexibility index (Phi) is 4.75. The number of carbonyl (C=O) groups excluding carboxylic acids is 3. The van der Waals surface area contributed by atoms with Gasteiger partial charge in [0.25, 0.3) is 0 Å². The van der Waals surface area contributed by atoms with Crippen LogP contribution >= 0.6 is 11.3 Å². The number of amides is 4. The summed E-state index contributed by atoms with van der Waals surface area (Å²) in [7, 11) is 0. The summed E-state index contributed by atoms with van der Waals surface area (Å²) in [5.74, 6) is -1.62. The monoisotopic (exact) mass is 391 g/mol. The number of nitrogens with zero attached hydrogens (tertiary/aromatic N) is 3. The van der Waals surface area contributed by atoms with Crippen LogP contribution in [0, 0.1) is 6.92 Å². The van der Waals surface area contributed by atoms with Gasteiger partial charge in [0.05, 0.1) is 18.8 Å². The maximum Gasteiger partial charge on any atom is 0.334 e. The number of hydrogen-bond donors (Lipinski definition) is 0. The quantitative estimate of drug-likeness (QED) is 0.492. The summed E-state index contributed by atoms with van der Waals surface area (Å²) < 4.78 is 0. The molecule has 6 nitrogen and oxygen atoms in total.